The van der Waals surface area contributed by atoms with Crippen LogP contribution in [0.5, 0.6) is 0 Å². The van der Waals surface area contributed by atoms with E-state index in [0.717, 1.165) is 5.56 Å². The van der Waals surface area contributed by atoms with Gasteiger partial charge in [-0.1, -0.05) is 6.07 Å². The van der Waals surface area contributed by atoms with Gasteiger partial charge in [-0.3, -0.25) is 20.3 Å². The van der Waals surface area contributed by atoms with Gasteiger partial charge in [-0.15, -0.1) is 0 Å². The number of amides is 1. The van der Waals surface area contributed by atoms with Crippen molar-refractivity contribution in [3.05, 3.63) is 30.1 Å². The standard InChI is InChI=1S/C8H9N3O2/c12-7-5-10-8(11(7)13)6-2-1-3-9-4-6/h1-4,8,10,13H,5H2/t8-/m1/s1. The summed E-state index contributed by atoms with van der Waals surface area (Å²) in [5, 5.41) is 12.9. The van der Waals surface area contributed by atoms with Crippen molar-refractivity contribution in [1.82, 2.24) is 15.4 Å². The Morgan fingerprint density at radius 3 is 3.08 bits per heavy atom. The summed E-state index contributed by atoms with van der Waals surface area (Å²) in [7, 11) is 0. The van der Waals surface area contributed by atoms with Gasteiger partial charge in [0.15, 0.2) is 0 Å². The molecule has 1 saturated heterocycles. The minimum atomic E-state index is -0.457. The summed E-state index contributed by atoms with van der Waals surface area (Å²) >= 11 is 0. The van der Waals surface area contributed by atoms with Gasteiger partial charge in [-0.2, -0.15) is 0 Å². The molecule has 2 N–H and O–H groups in total. The van der Waals surface area contributed by atoms with Crippen molar-refractivity contribution in [3.8, 4) is 0 Å². The number of hydrogen-bond donors (Lipinski definition) is 2. The predicted molar refractivity (Wildman–Crippen MR) is 43.6 cm³/mol. The lowest BCUT2D eigenvalue weighted by Crippen LogP contribution is -2.26. The van der Waals surface area contributed by atoms with Gasteiger partial charge in [0.1, 0.15) is 6.17 Å². The summed E-state index contributed by atoms with van der Waals surface area (Å²) in [6.07, 6.45) is 2.79. The highest BCUT2D eigenvalue weighted by molar-refractivity contribution is 5.79. The fraction of sp³-hybridized carbons (Fsp3) is 0.250. The van der Waals surface area contributed by atoms with E-state index in [1.165, 1.54) is 0 Å². The zero-order valence-electron chi connectivity index (χ0n) is 6.84. The van der Waals surface area contributed by atoms with Gasteiger partial charge in [0.25, 0.3) is 5.91 Å². The van der Waals surface area contributed by atoms with E-state index in [2.05, 4.69) is 10.3 Å². The molecule has 1 aromatic heterocycles. The minimum absolute atomic E-state index is 0.163. The van der Waals surface area contributed by atoms with E-state index in [9.17, 15) is 10.0 Å². The summed E-state index contributed by atoms with van der Waals surface area (Å²) in [5.41, 5.74) is 0.774. The first-order valence-corrected chi connectivity index (χ1v) is 3.93. The highest BCUT2D eigenvalue weighted by Crippen LogP contribution is 2.18. The van der Waals surface area contributed by atoms with E-state index in [1.807, 2.05) is 0 Å². The van der Waals surface area contributed by atoms with Crippen LogP contribution >= 0.6 is 0 Å². The van der Waals surface area contributed by atoms with Gasteiger partial charge in [-0.25, -0.2) is 5.06 Å². The average Bonchev–Trinajstić information content (AvgIpc) is 2.49. The lowest BCUT2D eigenvalue weighted by Gasteiger charge is -2.16. The quantitative estimate of drug-likeness (QED) is 0.591. The first-order chi connectivity index (χ1) is 6.29. The summed E-state index contributed by atoms with van der Waals surface area (Å²) in [6.45, 7) is 0.163. The second kappa shape index (κ2) is 3.12. The Labute approximate surface area is 75.0 Å². The fourth-order valence-corrected chi connectivity index (χ4v) is 1.29. The van der Waals surface area contributed by atoms with E-state index < -0.39 is 6.17 Å². The van der Waals surface area contributed by atoms with Gasteiger partial charge >= 0.3 is 0 Å². The Balaban J connectivity index is 2.24. The Morgan fingerprint density at radius 2 is 2.54 bits per heavy atom. The molecule has 13 heavy (non-hydrogen) atoms. The van der Waals surface area contributed by atoms with Gasteiger partial charge in [-0.05, 0) is 6.07 Å². The first-order valence-electron chi connectivity index (χ1n) is 3.93. The first kappa shape index (κ1) is 8.15. The van der Waals surface area contributed by atoms with Crippen molar-refractivity contribution in [3.63, 3.8) is 0 Å². The Hall–Kier alpha value is -1.46. The van der Waals surface area contributed by atoms with Crippen molar-refractivity contribution in [2.45, 2.75) is 6.17 Å². The normalized spacial score (nSPS) is 22.4. The largest absolute Gasteiger partial charge is 0.284 e. The second-order valence-electron chi connectivity index (χ2n) is 2.81. The van der Waals surface area contributed by atoms with E-state index in [1.54, 1.807) is 24.5 Å². The van der Waals surface area contributed by atoms with Crippen LogP contribution in [0, 0.1) is 0 Å². The zero-order chi connectivity index (χ0) is 9.26. The summed E-state index contributed by atoms with van der Waals surface area (Å²) < 4.78 is 0. The molecule has 1 aliphatic heterocycles. The van der Waals surface area contributed by atoms with Crippen LogP contribution in [-0.2, 0) is 4.79 Å². The number of hydroxylamine groups is 2. The number of nitrogens with one attached hydrogen (secondary N) is 1. The van der Waals surface area contributed by atoms with Crippen LogP contribution in [0.2, 0.25) is 0 Å². The van der Waals surface area contributed by atoms with Gasteiger partial charge < -0.3 is 0 Å². The molecule has 2 heterocycles. The monoisotopic (exact) mass is 179 g/mol. The number of rotatable bonds is 1. The molecule has 68 valence electrons. The number of hydrogen-bond acceptors (Lipinski definition) is 4. The fourth-order valence-electron chi connectivity index (χ4n) is 1.29. The minimum Gasteiger partial charge on any atom is -0.284 e. The highest BCUT2D eigenvalue weighted by Gasteiger charge is 2.30. The summed E-state index contributed by atoms with van der Waals surface area (Å²) in [4.78, 5) is 14.9. The number of carbonyl (C=O) groups is 1. The summed E-state index contributed by atoms with van der Waals surface area (Å²) in [6, 6.07) is 3.56. The molecule has 0 aromatic carbocycles. The molecule has 0 saturated carbocycles. The number of pyridine rings is 1. The number of carbonyl (C=O) groups excluding carboxylic acids is 1. The second-order valence-corrected chi connectivity index (χ2v) is 2.81. The topological polar surface area (TPSA) is 65.5 Å². The summed E-state index contributed by atoms with van der Waals surface area (Å²) in [5.74, 6) is -0.325. The predicted octanol–water partition coefficient (Wildman–Crippen LogP) is -0.0988. The molecule has 0 unspecified atom stereocenters. The Kier molecular flexibility index (Phi) is 1.96. The van der Waals surface area contributed by atoms with E-state index in [0.29, 0.717) is 5.06 Å². The molecule has 1 aliphatic rings. The molecule has 1 aromatic rings. The lowest BCUT2D eigenvalue weighted by molar-refractivity contribution is -0.165. The highest BCUT2D eigenvalue weighted by atomic mass is 16.5. The van der Waals surface area contributed by atoms with Crippen LogP contribution in [0.1, 0.15) is 11.7 Å². The van der Waals surface area contributed by atoms with Crippen molar-refractivity contribution < 1.29 is 10.0 Å². The molecule has 0 bridgehead atoms. The van der Waals surface area contributed by atoms with Gasteiger partial charge in [0.05, 0.1) is 6.54 Å². The van der Waals surface area contributed by atoms with Crippen LogP contribution in [0.15, 0.2) is 24.5 Å². The van der Waals surface area contributed by atoms with Crippen LogP contribution in [-0.4, -0.2) is 27.7 Å². The SMILES string of the molecule is O=C1CN[C@@H](c2cccnc2)N1O. The van der Waals surface area contributed by atoms with Crippen LogP contribution < -0.4 is 5.32 Å². The van der Waals surface area contributed by atoms with Crippen molar-refractivity contribution in [2.75, 3.05) is 6.54 Å². The van der Waals surface area contributed by atoms with Crippen molar-refractivity contribution >= 4 is 5.91 Å². The lowest BCUT2D eigenvalue weighted by atomic mass is 10.2. The smallest absolute Gasteiger partial charge is 0.261 e. The van der Waals surface area contributed by atoms with Crippen molar-refractivity contribution in [1.29, 1.82) is 0 Å². The number of nitrogens with zero attached hydrogens (tertiary/aromatic N) is 2. The maximum Gasteiger partial charge on any atom is 0.261 e. The molecule has 2 rings (SSSR count). The molecule has 5 heteroatoms. The molecule has 0 aliphatic carbocycles. The molecular weight excluding hydrogens is 170 g/mol. The van der Waals surface area contributed by atoms with Crippen LogP contribution in [0.4, 0.5) is 0 Å². The van der Waals surface area contributed by atoms with Crippen LogP contribution in [0.3, 0.4) is 0 Å². The third kappa shape index (κ3) is 1.39. The third-order valence-corrected chi connectivity index (χ3v) is 1.95. The molecule has 1 fully saturated rings. The molecule has 1 atom stereocenters. The maximum absolute atomic E-state index is 11.0. The van der Waals surface area contributed by atoms with Crippen molar-refractivity contribution in [2.24, 2.45) is 0 Å². The van der Waals surface area contributed by atoms with Crippen LogP contribution in [0.25, 0.3) is 0 Å². The van der Waals surface area contributed by atoms with E-state index in [4.69, 9.17) is 0 Å². The van der Waals surface area contributed by atoms with E-state index >= 15 is 0 Å². The maximum atomic E-state index is 11.0. The molecule has 1 amide bonds. The third-order valence-electron chi connectivity index (χ3n) is 1.95. The average molecular weight is 179 g/mol. The number of aromatic nitrogens is 1. The Morgan fingerprint density at radius 1 is 1.69 bits per heavy atom. The molecule has 0 radical (unpaired) electrons. The van der Waals surface area contributed by atoms with E-state index in [-0.39, 0.29) is 12.5 Å². The molecular formula is C8H9N3O2. The molecule has 0 spiro atoms. The van der Waals surface area contributed by atoms with Gasteiger partial charge in [0, 0.05) is 18.0 Å². The molecule has 5 nitrogen and oxygen atoms in total. The zero-order valence-corrected chi connectivity index (χ0v) is 6.84. The Bertz CT molecular complexity index is 314. The van der Waals surface area contributed by atoms with Gasteiger partial charge in [0.2, 0.25) is 0 Å².